The van der Waals surface area contributed by atoms with E-state index < -0.39 is 23.2 Å². The van der Waals surface area contributed by atoms with Gasteiger partial charge in [-0.15, -0.1) is 0 Å². The van der Waals surface area contributed by atoms with Gasteiger partial charge in [-0.1, -0.05) is 6.07 Å². The molecule has 0 saturated heterocycles. The van der Waals surface area contributed by atoms with Crippen LogP contribution in [-0.2, 0) is 11.4 Å². The SMILES string of the molecule is NOCc1ccc(C(=O)O)c(F)c1F. The normalized spacial score (nSPS) is 10.2. The third-order valence-electron chi connectivity index (χ3n) is 1.63. The van der Waals surface area contributed by atoms with E-state index in [1.807, 2.05) is 0 Å². The number of nitrogens with two attached hydrogens (primary N) is 1. The fraction of sp³-hybridized carbons (Fsp3) is 0.125. The Hall–Kier alpha value is -1.53. The molecule has 1 aromatic rings. The summed E-state index contributed by atoms with van der Waals surface area (Å²) in [6, 6.07) is 2.06. The minimum Gasteiger partial charge on any atom is -0.478 e. The molecule has 1 rings (SSSR count). The van der Waals surface area contributed by atoms with Gasteiger partial charge in [0.05, 0.1) is 12.2 Å². The van der Waals surface area contributed by atoms with Gasteiger partial charge in [-0.05, 0) is 6.07 Å². The topological polar surface area (TPSA) is 72.5 Å². The fourth-order valence-corrected chi connectivity index (χ4v) is 0.956. The lowest BCUT2D eigenvalue weighted by Crippen LogP contribution is -2.07. The van der Waals surface area contributed by atoms with E-state index >= 15 is 0 Å². The summed E-state index contributed by atoms with van der Waals surface area (Å²) in [5.74, 6) is 0.481. The van der Waals surface area contributed by atoms with Gasteiger partial charge in [0.25, 0.3) is 0 Å². The summed E-state index contributed by atoms with van der Waals surface area (Å²) in [4.78, 5) is 14.5. The summed E-state index contributed by atoms with van der Waals surface area (Å²) < 4.78 is 26.0. The van der Waals surface area contributed by atoms with Crippen LogP contribution in [0.15, 0.2) is 12.1 Å². The second-order valence-corrected chi connectivity index (χ2v) is 2.52. The Labute approximate surface area is 77.9 Å². The van der Waals surface area contributed by atoms with Crippen molar-refractivity contribution in [3.8, 4) is 0 Å². The molecule has 0 aliphatic rings. The quantitative estimate of drug-likeness (QED) is 0.720. The largest absolute Gasteiger partial charge is 0.478 e. The van der Waals surface area contributed by atoms with E-state index in [9.17, 15) is 13.6 Å². The van der Waals surface area contributed by atoms with Gasteiger partial charge < -0.3 is 5.11 Å². The molecule has 0 radical (unpaired) electrons. The van der Waals surface area contributed by atoms with Gasteiger partial charge in [0.15, 0.2) is 11.6 Å². The molecule has 4 nitrogen and oxygen atoms in total. The molecule has 14 heavy (non-hydrogen) atoms. The first-order chi connectivity index (χ1) is 6.57. The summed E-state index contributed by atoms with van der Waals surface area (Å²) >= 11 is 0. The van der Waals surface area contributed by atoms with Crippen LogP contribution in [0.25, 0.3) is 0 Å². The van der Waals surface area contributed by atoms with E-state index in [1.165, 1.54) is 0 Å². The maximum Gasteiger partial charge on any atom is 0.338 e. The molecular weight excluding hydrogens is 196 g/mol. The molecule has 0 saturated carbocycles. The predicted octanol–water partition coefficient (Wildman–Crippen LogP) is 1.05. The fourth-order valence-electron chi connectivity index (χ4n) is 0.956. The van der Waals surface area contributed by atoms with Crippen LogP contribution in [0.5, 0.6) is 0 Å². The first-order valence-electron chi connectivity index (χ1n) is 3.59. The van der Waals surface area contributed by atoms with Gasteiger partial charge in [-0.2, -0.15) is 0 Å². The molecule has 0 fully saturated rings. The summed E-state index contributed by atoms with van der Waals surface area (Å²) in [6.45, 7) is -0.317. The van der Waals surface area contributed by atoms with Crippen LogP contribution in [-0.4, -0.2) is 11.1 Å². The van der Waals surface area contributed by atoms with Crippen LogP contribution in [0.1, 0.15) is 15.9 Å². The second kappa shape index (κ2) is 4.12. The number of hydrogen-bond acceptors (Lipinski definition) is 3. The Morgan fingerprint density at radius 2 is 2.07 bits per heavy atom. The third-order valence-corrected chi connectivity index (χ3v) is 1.63. The Morgan fingerprint density at radius 1 is 1.43 bits per heavy atom. The smallest absolute Gasteiger partial charge is 0.338 e. The Kier molecular flexibility index (Phi) is 3.10. The van der Waals surface area contributed by atoms with Crippen LogP contribution in [0.3, 0.4) is 0 Å². The molecule has 0 unspecified atom stereocenters. The number of carbonyl (C=O) groups is 1. The molecule has 0 aliphatic heterocycles. The summed E-state index contributed by atoms with van der Waals surface area (Å²) in [5.41, 5.74) is -0.849. The number of rotatable bonds is 3. The molecule has 3 N–H and O–H groups in total. The molecule has 0 aromatic heterocycles. The zero-order valence-electron chi connectivity index (χ0n) is 6.96. The van der Waals surface area contributed by atoms with Gasteiger partial charge in [0.2, 0.25) is 0 Å². The number of halogens is 2. The molecule has 0 aliphatic carbocycles. The van der Waals surface area contributed by atoms with Gasteiger partial charge in [0, 0.05) is 5.56 Å². The number of carboxylic acid groups (broad SMARTS) is 1. The molecule has 0 atom stereocenters. The van der Waals surface area contributed by atoms with Gasteiger partial charge in [-0.3, -0.25) is 4.84 Å². The molecule has 1 aromatic carbocycles. The minimum atomic E-state index is -1.53. The molecule has 6 heteroatoms. The second-order valence-electron chi connectivity index (χ2n) is 2.52. The lowest BCUT2D eigenvalue weighted by molar-refractivity contribution is 0.0690. The first-order valence-corrected chi connectivity index (χ1v) is 3.59. The molecule has 0 amide bonds. The van der Waals surface area contributed by atoms with E-state index in [-0.39, 0.29) is 12.2 Å². The monoisotopic (exact) mass is 203 g/mol. The molecule has 0 spiro atoms. The highest BCUT2D eigenvalue weighted by Gasteiger charge is 2.17. The molecule has 76 valence electrons. The van der Waals surface area contributed by atoms with Crippen molar-refractivity contribution in [3.63, 3.8) is 0 Å². The maximum atomic E-state index is 13.0. The zero-order chi connectivity index (χ0) is 10.7. The summed E-state index contributed by atoms with van der Waals surface area (Å²) in [7, 11) is 0. The standard InChI is InChI=1S/C8H7F2NO3/c9-6-4(3-14-11)1-2-5(7(6)10)8(12)13/h1-2H,3,11H2,(H,12,13). The van der Waals surface area contributed by atoms with Crippen molar-refractivity contribution in [1.82, 2.24) is 0 Å². The average Bonchev–Trinajstić information content (AvgIpc) is 2.13. The summed E-state index contributed by atoms with van der Waals surface area (Å²) in [6.07, 6.45) is 0. The van der Waals surface area contributed by atoms with Gasteiger partial charge >= 0.3 is 5.97 Å². The Bertz CT molecular complexity index is 368. The van der Waals surface area contributed by atoms with E-state index in [0.29, 0.717) is 0 Å². The first kappa shape index (κ1) is 10.6. The number of hydrogen-bond donors (Lipinski definition) is 2. The maximum absolute atomic E-state index is 13.0. The Balaban J connectivity index is 3.19. The number of aromatic carboxylic acids is 1. The van der Waals surface area contributed by atoms with Crippen molar-refractivity contribution < 1.29 is 23.5 Å². The lowest BCUT2D eigenvalue weighted by Gasteiger charge is -2.04. The van der Waals surface area contributed by atoms with E-state index in [0.717, 1.165) is 12.1 Å². The zero-order valence-corrected chi connectivity index (χ0v) is 6.96. The number of carboxylic acids is 1. The van der Waals surface area contributed by atoms with Gasteiger partial charge in [-0.25, -0.2) is 19.5 Å². The van der Waals surface area contributed by atoms with Crippen LogP contribution < -0.4 is 5.90 Å². The molecule has 0 bridgehead atoms. The van der Waals surface area contributed by atoms with Gasteiger partial charge in [0.1, 0.15) is 0 Å². The number of benzene rings is 1. The summed E-state index contributed by atoms with van der Waals surface area (Å²) in [5, 5.41) is 8.45. The van der Waals surface area contributed by atoms with Crippen molar-refractivity contribution in [2.75, 3.05) is 0 Å². The van der Waals surface area contributed by atoms with Crippen molar-refractivity contribution in [2.45, 2.75) is 6.61 Å². The highest BCUT2D eigenvalue weighted by molar-refractivity contribution is 5.87. The minimum absolute atomic E-state index is 0.130. The van der Waals surface area contributed by atoms with E-state index in [2.05, 4.69) is 10.7 Å². The van der Waals surface area contributed by atoms with Crippen molar-refractivity contribution >= 4 is 5.97 Å². The average molecular weight is 203 g/mol. The van der Waals surface area contributed by atoms with Crippen LogP contribution in [0.2, 0.25) is 0 Å². The third kappa shape index (κ3) is 1.86. The van der Waals surface area contributed by atoms with E-state index in [1.54, 1.807) is 0 Å². The van der Waals surface area contributed by atoms with Crippen LogP contribution in [0.4, 0.5) is 8.78 Å². The van der Waals surface area contributed by atoms with Crippen LogP contribution in [0, 0.1) is 11.6 Å². The lowest BCUT2D eigenvalue weighted by atomic mass is 10.1. The molecule has 0 heterocycles. The molecular formula is C8H7F2NO3. The van der Waals surface area contributed by atoms with Crippen molar-refractivity contribution in [2.24, 2.45) is 5.90 Å². The van der Waals surface area contributed by atoms with Crippen molar-refractivity contribution in [3.05, 3.63) is 34.9 Å². The van der Waals surface area contributed by atoms with Crippen LogP contribution >= 0.6 is 0 Å². The highest BCUT2D eigenvalue weighted by atomic mass is 19.2. The highest BCUT2D eigenvalue weighted by Crippen LogP contribution is 2.16. The Morgan fingerprint density at radius 3 is 2.57 bits per heavy atom. The predicted molar refractivity (Wildman–Crippen MR) is 42.3 cm³/mol. The van der Waals surface area contributed by atoms with Crippen molar-refractivity contribution in [1.29, 1.82) is 0 Å². The van der Waals surface area contributed by atoms with E-state index in [4.69, 9.17) is 5.11 Å².